The molecule has 1 aliphatic heterocycles. The van der Waals surface area contributed by atoms with Gasteiger partial charge >= 0.3 is 0 Å². The van der Waals surface area contributed by atoms with Crippen molar-refractivity contribution in [3.8, 4) is 0 Å². The number of pyridine rings is 1. The van der Waals surface area contributed by atoms with Crippen molar-refractivity contribution in [2.24, 2.45) is 0 Å². The number of aromatic nitrogens is 2. The number of nitrogens with zero attached hydrogens (tertiary/aromatic N) is 3. The molecule has 3 heterocycles. The van der Waals surface area contributed by atoms with Crippen molar-refractivity contribution >= 4 is 22.9 Å². The Balaban J connectivity index is 1.60. The van der Waals surface area contributed by atoms with Gasteiger partial charge in [-0.1, -0.05) is 0 Å². The van der Waals surface area contributed by atoms with Crippen LogP contribution in [0.4, 0.5) is 24.5 Å². The average molecular weight is 403 g/mol. The number of hydrogen-bond acceptors (Lipinski definition) is 4. The molecule has 1 atom stereocenters. The fourth-order valence-corrected chi connectivity index (χ4v) is 3.56. The van der Waals surface area contributed by atoms with Crippen LogP contribution in [0.1, 0.15) is 23.0 Å². The molecule has 0 bridgehead atoms. The van der Waals surface area contributed by atoms with Crippen LogP contribution in [0, 0.1) is 24.4 Å². The number of rotatable bonds is 3. The summed E-state index contributed by atoms with van der Waals surface area (Å²) in [4.78, 5) is 18.3. The maximum absolute atomic E-state index is 14.7. The molecule has 6 nitrogen and oxygen atoms in total. The zero-order valence-corrected chi connectivity index (χ0v) is 16.0. The molecular formula is C20H20F3N5O. The van der Waals surface area contributed by atoms with Crippen molar-refractivity contribution in [3.63, 3.8) is 0 Å². The highest BCUT2D eigenvalue weighted by molar-refractivity contribution is 6.04. The highest BCUT2D eigenvalue weighted by atomic mass is 19.2. The van der Waals surface area contributed by atoms with E-state index in [-0.39, 0.29) is 23.1 Å². The molecule has 3 aromatic rings. The molecule has 29 heavy (non-hydrogen) atoms. The van der Waals surface area contributed by atoms with E-state index in [4.69, 9.17) is 0 Å². The van der Waals surface area contributed by atoms with E-state index in [1.54, 1.807) is 18.0 Å². The van der Waals surface area contributed by atoms with Crippen molar-refractivity contribution in [2.45, 2.75) is 19.9 Å². The Kier molecular flexibility index (Phi) is 4.91. The first kappa shape index (κ1) is 19.3. The van der Waals surface area contributed by atoms with E-state index in [0.29, 0.717) is 25.3 Å². The summed E-state index contributed by atoms with van der Waals surface area (Å²) in [5, 5.41) is 5.65. The topological polar surface area (TPSA) is 61.7 Å². The Labute approximate surface area is 165 Å². The molecule has 0 spiro atoms. The average Bonchev–Trinajstić information content (AvgIpc) is 3.04. The first-order chi connectivity index (χ1) is 13.8. The number of hydrogen-bond donors (Lipinski definition) is 2. The summed E-state index contributed by atoms with van der Waals surface area (Å²) in [5.74, 6) is -3.80. The number of aryl methyl sites for hydroxylation is 1. The van der Waals surface area contributed by atoms with Gasteiger partial charge in [-0.2, -0.15) is 0 Å². The molecule has 0 radical (unpaired) electrons. The summed E-state index contributed by atoms with van der Waals surface area (Å²) >= 11 is 0. The van der Waals surface area contributed by atoms with E-state index in [9.17, 15) is 18.0 Å². The van der Waals surface area contributed by atoms with Crippen LogP contribution in [0.15, 0.2) is 30.6 Å². The van der Waals surface area contributed by atoms with Crippen LogP contribution in [-0.4, -0.2) is 41.0 Å². The predicted molar refractivity (Wildman–Crippen MR) is 104 cm³/mol. The van der Waals surface area contributed by atoms with Crippen LogP contribution in [0.2, 0.25) is 0 Å². The van der Waals surface area contributed by atoms with Gasteiger partial charge in [0.15, 0.2) is 23.1 Å². The lowest BCUT2D eigenvalue weighted by Crippen LogP contribution is -2.49. The number of imidazole rings is 1. The van der Waals surface area contributed by atoms with Gasteiger partial charge in [0.2, 0.25) is 0 Å². The lowest BCUT2D eigenvalue weighted by Gasteiger charge is -2.34. The van der Waals surface area contributed by atoms with Crippen LogP contribution in [0.25, 0.3) is 5.65 Å². The van der Waals surface area contributed by atoms with E-state index in [1.165, 1.54) is 22.7 Å². The van der Waals surface area contributed by atoms with Gasteiger partial charge in [0.25, 0.3) is 5.91 Å². The Bertz CT molecular complexity index is 1100. The van der Waals surface area contributed by atoms with E-state index in [1.807, 2.05) is 6.92 Å². The highest BCUT2D eigenvalue weighted by Crippen LogP contribution is 2.26. The van der Waals surface area contributed by atoms with Gasteiger partial charge in [-0.05, 0) is 26.0 Å². The van der Waals surface area contributed by atoms with Crippen molar-refractivity contribution in [1.29, 1.82) is 0 Å². The minimum Gasteiger partial charge on any atom is -0.366 e. The molecule has 0 saturated carbocycles. The lowest BCUT2D eigenvalue weighted by atomic mass is 10.1. The number of amides is 1. The molecule has 1 amide bonds. The third-order valence-corrected chi connectivity index (χ3v) is 4.90. The summed E-state index contributed by atoms with van der Waals surface area (Å²) in [6, 6.07) is 3.87. The number of piperazine rings is 1. The summed E-state index contributed by atoms with van der Waals surface area (Å²) in [6.45, 7) is 5.40. The van der Waals surface area contributed by atoms with Crippen molar-refractivity contribution in [1.82, 2.24) is 14.7 Å². The molecule has 1 unspecified atom stereocenters. The smallest absolute Gasteiger partial charge is 0.258 e. The van der Waals surface area contributed by atoms with Crippen LogP contribution in [-0.2, 0) is 0 Å². The van der Waals surface area contributed by atoms with Crippen LogP contribution >= 0.6 is 0 Å². The molecule has 152 valence electrons. The summed E-state index contributed by atoms with van der Waals surface area (Å²) in [7, 11) is 0. The minimum atomic E-state index is -1.23. The fourth-order valence-electron chi connectivity index (χ4n) is 3.56. The fraction of sp³-hybridized carbons (Fsp3) is 0.300. The molecule has 0 aliphatic carbocycles. The van der Waals surface area contributed by atoms with E-state index >= 15 is 0 Å². The van der Waals surface area contributed by atoms with Gasteiger partial charge in [-0.25, -0.2) is 18.2 Å². The Hall–Kier alpha value is -3.07. The summed E-state index contributed by atoms with van der Waals surface area (Å²) in [5.41, 5.74) is 0.508. The third kappa shape index (κ3) is 3.65. The Morgan fingerprint density at radius 3 is 2.79 bits per heavy atom. The van der Waals surface area contributed by atoms with E-state index in [2.05, 4.69) is 15.6 Å². The number of benzene rings is 1. The lowest BCUT2D eigenvalue weighted by molar-refractivity contribution is 0.102. The van der Waals surface area contributed by atoms with Gasteiger partial charge in [0, 0.05) is 44.1 Å². The molecule has 1 aliphatic rings. The highest BCUT2D eigenvalue weighted by Gasteiger charge is 2.24. The monoisotopic (exact) mass is 403 g/mol. The zero-order chi connectivity index (χ0) is 20.7. The normalized spacial score (nSPS) is 17.0. The third-order valence-electron chi connectivity index (χ3n) is 4.90. The number of halogens is 3. The summed E-state index contributed by atoms with van der Waals surface area (Å²) in [6.07, 6.45) is 3.05. The van der Waals surface area contributed by atoms with Crippen LogP contribution in [0.3, 0.4) is 0 Å². The second kappa shape index (κ2) is 7.40. The minimum absolute atomic E-state index is 0.109. The van der Waals surface area contributed by atoms with Gasteiger partial charge in [0.05, 0.1) is 22.6 Å². The second-order valence-electron chi connectivity index (χ2n) is 7.21. The maximum Gasteiger partial charge on any atom is 0.258 e. The first-order valence-corrected chi connectivity index (χ1v) is 9.26. The number of fused-ring (bicyclic) bond motifs is 1. The molecular weight excluding hydrogens is 383 g/mol. The van der Waals surface area contributed by atoms with Gasteiger partial charge in [-0.15, -0.1) is 0 Å². The number of nitrogens with one attached hydrogen (secondary N) is 2. The zero-order valence-electron chi connectivity index (χ0n) is 16.0. The van der Waals surface area contributed by atoms with E-state index in [0.717, 1.165) is 6.07 Å². The largest absolute Gasteiger partial charge is 0.366 e. The van der Waals surface area contributed by atoms with Crippen LogP contribution in [0.5, 0.6) is 0 Å². The molecule has 1 saturated heterocycles. The van der Waals surface area contributed by atoms with E-state index < -0.39 is 28.9 Å². The number of anilines is 2. The quantitative estimate of drug-likeness (QED) is 0.706. The van der Waals surface area contributed by atoms with Crippen LogP contribution < -0.4 is 15.5 Å². The second-order valence-corrected chi connectivity index (χ2v) is 7.21. The predicted octanol–water partition coefficient (Wildman–Crippen LogP) is 3.11. The molecule has 1 aromatic carbocycles. The van der Waals surface area contributed by atoms with Crippen molar-refractivity contribution in [2.75, 3.05) is 29.9 Å². The molecule has 2 aromatic heterocycles. The van der Waals surface area contributed by atoms with Gasteiger partial charge < -0.3 is 19.9 Å². The van der Waals surface area contributed by atoms with Gasteiger partial charge in [0.1, 0.15) is 0 Å². The SMILES string of the molecule is Cc1cn2cc(NC(=O)c3ccc(N4CCNC(C)C4)c(F)c3F)cc(F)c2n1. The van der Waals surface area contributed by atoms with Gasteiger partial charge in [-0.3, -0.25) is 4.79 Å². The Morgan fingerprint density at radius 1 is 1.24 bits per heavy atom. The summed E-state index contributed by atoms with van der Waals surface area (Å²) < 4.78 is 44.9. The number of carbonyl (C=O) groups excluding carboxylic acids is 1. The Morgan fingerprint density at radius 2 is 2.03 bits per heavy atom. The first-order valence-electron chi connectivity index (χ1n) is 9.26. The molecule has 2 N–H and O–H groups in total. The molecule has 9 heteroatoms. The van der Waals surface area contributed by atoms with Crippen molar-refractivity contribution in [3.05, 3.63) is 59.3 Å². The standard InChI is InChI=1S/C20H20F3N5O/c1-11-8-27(6-5-24-11)16-4-3-14(17(22)18(16)23)20(29)26-13-7-15(21)19-25-12(2)9-28(19)10-13/h3-4,7,9-11,24H,5-6,8H2,1-2H3,(H,26,29). The maximum atomic E-state index is 14.7. The number of carbonyl (C=O) groups is 1. The molecule has 4 rings (SSSR count). The molecule has 1 fully saturated rings. The van der Waals surface area contributed by atoms with Crippen molar-refractivity contribution < 1.29 is 18.0 Å².